The lowest BCUT2D eigenvalue weighted by Crippen LogP contribution is -2.64. The van der Waals surface area contributed by atoms with Gasteiger partial charge >= 0.3 is 6.03 Å². The van der Waals surface area contributed by atoms with Crippen LogP contribution in [-0.2, 0) is 4.79 Å². The van der Waals surface area contributed by atoms with Crippen LogP contribution in [0.1, 0.15) is 6.42 Å². The van der Waals surface area contributed by atoms with Gasteiger partial charge in [-0.1, -0.05) is 18.2 Å². The summed E-state index contributed by atoms with van der Waals surface area (Å²) in [6.07, 6.45) is 0.789. The predicted molar refractivity (Wildman–Crippen MR) is 106 cm³/mol. The zero-order valence-corrected chi connectivity index (χ0v) is 15.8. The van der Waals surface area contributed by atoms with Crippen molar-refractivity contribution in [2.75, 3.05) is 43.4 Å². The van der Waals surface area contributed by atoms with E-state index in [0.29, 0.717) is 31.9 Å². The third kappa shape index (κ3) is 3.45. The van der Waals surface area contributed by atoms with Gasteiger partial charge in [-0.3, -0.25) is 9.69 Å². The third-order valence-electron chi connectivity index (χ3n) is 5.72. The van der Waals surface area contributed by atoms with E-state index in [2.05, 4.69) is 10.2 Å². The van der Waals surface area contributed by atoms with Crippen LogP contribution < -0.4 is 10.2 Å². The van der Waals surface area contributed by atoms with E-state index in [0.717, 1.165) is 12.1 Å². The van der Waals surface area contributed by atoms with Crippen molar-refractivity contribution >= 4 is 23.3 Å². The molecule has 1 N–H and O–H groups in total. The molecule has 3 amide bonds. The quantitative estimate of drug-likeness (QED) is 0.869. The van der Waals surface area contributed by atoms with Crippen molar-refractivity contribution in [3.63, 3.8) is 0 Å². The Morgan fingerprint density at radius 3 is 2.50 bits per heavy atom. The molecule has 2 heterocycles. The number of carbonyl (C=O) groups is 2. The zero-order valence-electron chi connectivity index (χ0n) is 15.8. The molecule has 2 aromatic carbocycles. The Morgan fingerprint density at radius 2 is 1.79 bits per heavy atom. The van der Waals surface area contributed by atoms with Gasteiger partial charge in [-0.15, -0.1) is 0 Å². The molecule has 2 aliphatic heterocycles. The minimum absolute atomic E-state index is 0.0635. The van der Waals surface area contributed by atoms with Crippen LogP contribution in [0.3, 0.4) is 0 Å². The monoisotopic (exact) mass is 382 g/mol. The molecular weight excluding hydrogens is 359 g/mol. The summed E-state index contributed by atoms with van der Waals surface area (Å²) in [6.45, 7) is 2.01. The normalized spacial score (nSPS) is 22.7. The fourth-order valence-electron chi connectivity index (χ4n) is 4.01. The van der Waals surface area contributed by atoms with Crippen molar-refractivity contribution < 1.29 is 14.0 Å². The van der Waals surface area contributed by atoms with Crippen molar-refractivity contribution in [3.8, 4) is 0 Å². The molecule has 6 nitrogen and oxygen atoms in total. The maximum atomic E-state index is 13.1. The van der Waals surface area contributed by atoms with Crippen molar-refractivity contribution in [2.45, 2.75) is 12.0 Å². The molecule has 0 aliphatic carbocycles. The molecule has 2 fully saturated rings. The summed E-state index contributed by atoms with van der Waals surface area (Å²) >= 11 is 0. The first-order chi connectivity index (χ1) is 13.5. The molecule has 0 aromatic heterocycles. The zero-order chi connectivity index (χ0) is 19.7. The second kappa shape index (κ2) is 7.24. The van der Waals surface area contributed by atoms with E-state index in [-0.39, 0.29) is 23.3 Å². The van der Waals surface area contributed by atoms with Crippen LogP contribution in [0.15, 0.2) is 54.6 Å². The molecular formula is C21H23FN4O2. The number of hydrogen-bond donors (Lipinski definition) is 1. The van der Waals surface area contributed by atoms with Crippen molar-refractivity contribution in [2.24, 2.45) is 0 Å². The minimum atomic E-state index is -0.340. The molecule has 28 heavy (non-hydrogen) atoms. The van der Waals surface area contributed by atoms with Gasteiger partial charge in [0.25, 0.3) is 0 Å². The van der Waals surface area contributed by atoms with Gasteiger partial charge in [0.05, 0.1) is 12.1 Å². The standard InChI is InChI=1S/C21H23FN4O2/c1-24-13-19(27)26(18-5-3-2-4-6-18)15-21(24)11-12-25(14-21)20(28)23-17-9-7-16(22)8-10-17/h2-10H,11-15H2,1H3,(H,23,28)/t21-/m0/s1. The molecule has 1 spiro atoms. The number of benzene rings is 2. The molecule has 7 heteroatoms. The number of likely N-dealkylation sites (N-methyl/N-ethyl adjacent to an activating group) is 1. The number of nitrogens with one attached hydrogen (secondary N) is 1. The second-order valence-electron chi connectivity index (χ2n) is 7.50. The van der Waals surface area contributed by atoms with Gasteiger partial charge in [-0.2, -0.15) is 0 Å². The molecule has 2 aliphatic rings. The highest BCUT2D eigenvalue weighted by molar-refractivity contribution is 5.96. The van der Waals surface area contributed by atoms with Gasteiger partial charge in [0, 0.05) is 31.0 Å². The first-order valence-electron chi connectivity index (χ1n) is 9.35. The Balaban J connectivity index is 1.48. The van der Waals surface area contributed by atoms with Crippen LogP contribution in [0, 0.1) is 5.82 Å². The average molecular weight is 382 g/mol. The smallest absolute Gasteiger partial charge is 0.321 e. The van der Waals surface area contributed by atoms with Crippen molar-refractivity contribution in [3.05, 3.63) is 60.4 Å². The fourth-order valence-corrected chi connectivity index (χ4v) is 4.01. The Morgan fingerprint density at radius 1 is 1.07 bits per heavy atom. The summed E-state index contributed by atoms with van der Waals surface area (Å²) in [5.74, 6) is -0.277. The summed E-state index contributed by atoms with van der Waals surface area (Å²) in [5, 5.41) is 2.82. The highest BCUT2D eigenvalue weighted by Gasteiger charge is 2.48. The SMILES string of the molecule is CN1CC(=O)N(c2ccccc2)C[C@@]12CCN(C(=O)Nc1ccc(F)cc1)C2. The van der Waals surface area contributed by atoms with Crippen LogP contribution >= 0.6 is 0 Å². The van der Waals surface area contributed by atoms with Gasteiger partial charge in [-0.25, -0.2) is 9.18 Å². The number of anilines is 2. The number of urea groups is 1. The number of hydrogen-bond acceptors (Lipinski definition) is 3. The number of rotatable bonds is 2. The number of halogens is 1. The maximum absolute atomic E-state index is 13.1. The summed E-state index contributed by atoms with van der Waals surface area (Å²) in [7, 11) is 1.95. The highest BCUT2D eigenvalue weighted by atomic mass is 19.1. The number of carbonyl (C=O) groups excluding carboxylic acids is 2. The largest absolute Gasteiger partial charge is 0.323 e. The first-order valence-corrected chi connectivity index (χ1v) is 9.35. The van der Waals surface area contributed by atoms with Crippen molar-refractivity contribution in [1.29, 1.82) is 0 Å². The molecule has 2 saturated heterocycles. The number of nitrogens with zero attached hydrogens (tertiary/aromatic N) is 3. The van der Waals surface area contributed by atoms with Gasteiger partial charge in [0.2, 0.25) is 5.91 Å². The van der Waals surface area contributed by atoms with Gasteiger partial charge < -0.3 is 15.1 Å². The number of piperazine rings is 1. The highest BCUT2D eigenvalue weighted by Crippen LogP contribution is 2.33. The van der Waals surface area contributed by atoms with E-state index >= 15 is 0 Å². The molecule has 0 radical (unpaired) electrons. The Bertz CT molecular complexity index is 874. The Kier molecular flexibility index (Phi) is 4.77. The van der Waals surface area contributed by atoms with E-state index in [9.17, 15) is 14.0 Å². The lowest BCUT2D eigenvalue weighted by atomic mass is 9.92. The molecule has 0 bridgehead atoms. The number of amides is 3. The molecule has 146 valence electrons. The fraction of sp³-hybridized carbons (Fsp3) is 0.333. The maximum Gasteiger partial charge on any atom is 0.321 e. The second-order valence-corrected chi connectivity index (χ2v) is 7.50. The van der Waals surface area contributed by atoms with Gasteiger partial charge in [0.1, 0.15) is 5.82 Å². The summed E-state index contributed by atoms with van der Waals surface area (Å²) < 4.78 is 13.1. The average Bonchev–Trinajstić information content (AvgIpc) is 3.13. The summed E-state index contributed by atoms with van der Waals surface area (Å²) in [4.78, 5) is 30.9. The van der Waals surface area contributed by atoms with E-state index < -0.39 is 0 Å². The Labute approximate surface area is 163 Å². The minimum Gasteiger partial charge on any atom is -0.323 e. The van der Waals surface area contributed by atoms with Crippen LogP contribution in [-0.4, -0.2) is 60.5 Å². The number of likely N-dealkylation sites (tertiary alicyclic amines) is 1. The van der Waals surface area contributed by atoms with Crippen LogP contribution in [0.5, 0.6) is 0 Å². The third-order valence-corrected chi connectivity index (χ3v) is 5.72. The molecule has 0 unspecified atom stereocenters. The van der Waals surface area contributed by atoms with Crippen molar-refractivity contribution in [1.82, 2.24) is 9.80 Å². The molecule has 4 rings (SSSR count). The van der Waals surface area contributed by atoms with Gasteiger partial charge in [0.15, 0.2) is 0 Å². The summed E-state index contributed by atoms with van der Waals surface area (Å²) in [5.41, 5.74) is 1.17. The first kappa shape index (κ1) is 18.4. The van der Waals surface area contributed by atoms with Crippen LogP contribution in [0.4, 0.5) is 20.6 Å². The van der Waals surface area contributed by atoms with Crippen LogP contribution in [0.2, 0.25) is 0 Å². The predicted octanol–water partition coefficient (Wildman–Crippen LogP) is 2.78. The van der Waals surface area contributed by atoms with Crippen LogP contribution in [0.25, 0.3) is 0 Å². The molecule has 0 saturated carbocycles. The van der Waals surface area contributed by atoms with Gasteiger partial charge in [-0.05, 0) is 49.9 Å². The van der Waals surface area contributed by atoms with E-state index in [1.807, 2.05) is 42.3 Å². The molecule has 1 atom stereocenters. The Hall–Kier alpha value is -2.93. The van der Waals surface area contributed by atoms with E-state index in [1.165, 1.54) is 12.1 Å². The topological polar surface area (TPSA) is 55.9 Å². The number of para-hydroxylation sites is 1. The lowest BCUT2D eigenvalue weighted by molar-refractivity contribution is -0.123. The van der Waals surface area contributed by atoms with E-state index in [4.69, 9.17) is 0 Å². The molecule has 2 aromatic rings. The van der Waals surface area contributed by atoms with E-state index in [1.54, 1.807) is 17.0 Å². The lowest BCUT2D eigenvalue weighted by Gasteiger charge is -2.46. The summed E-state index contributed by atoms with van der Waals surface area (Å²) in [6, 6.07) is 15.2.